The van der Waals surface area contributed by atoms with Gasteiger partial charge in [-0.3, -0.25) is 10.1 Å². The summed E-state index contributed by atoms with van der Waals surface area (Å²) in [6.45, 7) is 5.99. The van der Waals surface area contributed by atoms with Gasteiger partial charge in [-0.1, -0.05) is 20.1 Å². The molecule has 0 aromatic heterocycles. The maximum Gasteiger partial charge on any atom is 0.277 e. The van der Waals surface area contributed by atoms with E-state index in [0.717, 1.165) is 10.9 Å². The van der Waals surface area contributed by atoms with E-state index in [9.17, 15) is 10.1 Å². The molecule has 0 N–H and O–H groups in total. The van der Waals surface area contributed by atoms with Gasteiger partial charge in [0.2, 0.25) is 0 Å². The summed E-state index contributed by atoms with van der Waals surface area (Å²) in [6, 6.07) is 5.23. The van der Waals surface area contributed by atoms with Crippen LogP contribution in [0.25, 0.3) is 0 Å². The van der Waals surface area contributed by atoms with Gasteiger partial charge >= 0.3 is 0 Å². The van der Waals surface area contributed by atoms with Crippen LogP contribution in [0.3, 0.4) is 0 Å². The lowest BCUT2D eigenvalue weighted by molar-refractivity contribution is -0.383. The number of nitrogens with zero attached hydrogens (tertiary/aromatic N) is 1. The molecule has 1 aromatic carbocycles. The van der Waals surface area contributed by atoms with Gasteiger partial charge < -0.3 is 0 Å². The van der Waals surface area contributed by atoms with E-state index in [1.807, 2.05) is 26.3 Å². The van der Waals surface area contributed by atoms with E-state index < -0.39 is 7.92 Å². The third-order valence-electron chi connectivity index (χ3n) is 1.86. The van der Waals surface area contributed by atoms with E-state index in [2.05, 4.69) is 0 Å². The fourth-order valence-corrected chi connectivity index (χ4v) is 2.77. The van der Waals surface area contributed by atoms with Crippen LogP contribution in [-0.2, 0) is 0 Å². The third kappa shape index (κ3) is 2.04. The Morgan fingerprint density at radius 1 is 1.38 bits per heavy atom. The number of rotatable bonds is 2. The summed E-state index contributed by atoms with van der Waals surface area (Å²) in [7, 11) is -0.411. The second-order valence-electron chi connectivity index (χ2n) is 3.09. The second-order valence-corrected chi connectivity index (χ2v) is 5.33. The van der Waals surface area contributed by atoms with Crippen molar-refractivity contribution in [3.63, 3.8) is 0 Å². The van der Waals surface area contributed by atoms with Crippen LogP contribution >= 0.6 is 7.92 Å². The molecule has 0 bridgehead atoms. The van der Waals surface area contributed by atoms with Crippen LogP contribution in [0.2, 0.25) is 0 Å². The van der Waals surface area contributed by atoms with Gasteiger partial charge in [0.05, 0.1) is 10.2 Å². The Morgan fingerprint density at radius 2 is 2.00 bits per heavy atom. The van der Waals surface area contributed by atoms with Gasteiger partial charge in [-0.05, 0) is 25.8 Å². The molecule has 13 heavy (non-hydrogen) atoms. The third-order valence-corrected chi connectivity index (χ3v) is 3.34. The van der Waals surface area contributed by atoms with Crippen LogP contribution < -0.4 is 5.30 Å². The zero-order valence-corrected chi connectivity index (χ0v) is 8.84. The molecule has 0 unspecified atom stereocenters. The standard InChI is InChI=1S/C9H12NO2P/c1-7-5-4-6-8(10(11)12)9(7)13(2)3/h4-6H,1-3H3. The van der Waals surface area contributed by atoms with Crippen molar-refractivity contribution in [3.05, 3.63) is 33.9 Å². The van der Waals surface area contributed by atoms with Crippen molar-refractivity contribution in [3.8, 4) is 0 Å². The van der Waals surface area contributed by atoms with Crippen LogP contribution in [0.1, 0.15) is 5.56 Å². The molecule has 0 saturated heterocycles. The van der Waals surface area contributed by atoms with Crippen molar-refractivity contribution in [1.82, 2.24) is 0 Å². The smallest absolute Gasteiger partial charge is 0.258 e. The van der Waals surface area contributed by atoms with E-state index in [0.29, 0.717) is 0 Å². The summed E-state index contributed by atoms with van der Waals surface area (Å²) in [6.07, 6.45) is 0. The molecule has 0 heterocycles. The van der Waals surface area contributed by atoms with Crippen molar-refractivity contribution in [2.75, 3.05) is 13.3 Å². The highest BCUT2D eigenvalue weighted by molar-refractivity contribution is 7.64. The SMILES string of the molecule is Cc1cccc([N+](=O)[O-])c1P(C)C. The predicted molar refractivity (Wildman–Crippen MR) is 56.2 cm³/mol. The minimum absolute atomic E-state index is 0.260. The minimum Gasteiger partial charge on any atom is -0.258 e. The molecule has 3 nitrogen and oxygen atoms in total. The quantitative estimate of drug-likeness (QED) is 0.414. The topological polar surface area (TPSA) is 43.1 Å². The lowest BCUT2D eigenvalue weighted by Crippen LogP contribution is -2.10. The fourth-order valence-electron chi connectivity index (χ4n) is 1.37. The lowest BCUT2D eigenvalue weighted by atomic mass is 10.2. The molecule has 1 rings (SSSR count). The first-order valence-corrected chi connectivity index (χ1v) is 6.19. The zero-order valence-electron chi connectivity index (χ0n) is 7.94. The summed E-state index contributed by atoms with van der Waals surface area (Å²) in [5, 5.41) is 11.6. The summed E-state index contributed by atoms with van der Waals surface area (Å²) < 4.78 is 0. The first kappa shape index (κ1) is 10.1. The summed E-state index contributed by atoms with van der Waals surface area (Å²) in [5.74, 6) is 0. The lowest BCUT2D eigenvalue weighted by Gasteiger charge is -2.09. The first-order chi connectivity index (χ1) is 6.04. The van der Waals surface area contributed by atoms with Gasteiger partial charge in [0.1, 0.15) is 0 Å². The van der Waals surface area contributed by atoms with Crippen molar-refractivity contribution in [2.45, 2.75) is 6.92 Å². The van der Waals surface area contributed by atoms with E-state index in [1.54, 1.807) is 12.1 Å². The van der Waals surface area contributed by atoms with Crippen LogP contribution in [-0.4, -0.2) is 18.3 Å². The molecule has 0 atom stereocenters. The number of hydrogen-bond donors (Lipinski definition) is 0. The van der Waals surface area contributed by atoms with Gasteiger partial charge in [0.15, 0.2) is 0 Å². The Balaban J connectivity index is 3.34. The number of benzene rings is 1. The summed E-state index contributed by atoms with van der Waals surface area (Å²) >= 11 is 0. The van der Waals surface area contributed by atoms with Crippen LogP contribution in [0, 0.1) is 17.0 Å². The Morgan fingerprint density at radius 3 is 2.38 bits per heavy atom. The largest absolute Gasteiger partial charge is 0.277 e. The molecule has 0 radical (unpaired) electrons. The molecule has 4 heteroatoms. The normalized spacial score (nSPS) is 10.5. The predicted octanol–water partition coefficient (Wildman–Crippen LogP) is 2.27. The molecule has 0 spiro atoms. The molecule has 1 aromatic rings. The van der Waals surface area contributed by atoms with Gasteiger partial charge in [0.25, 0.3) is 5.69 Å². The van der Waals surface area contributed by atoms with Crippen LogP contribution in [0.5, 0.6) is 0 Å². The van der Waals surface area contributed by atoms with Crippen molar-refractivity contribution >= 4 is 18.9 Å². The Bertz CT molecular complexity index is 336. The number of nitro benzene ring substituents is 1. The van der Waals surface area contributed by atoms with Crippen molar-refractivity contribution in [2.24, 2.45) is 0 Å². The zero-order chi connectivity index (χ0) is 10.0. The summed E-state index contributed by atoms with van der Waals surface area (Å²) in [5.41, 5.74) is 1.28. The Labute approximate surface area is 78.7 Å². The Hall–Kier alpha value is -0.950. The number of nitro groups is 1. The number of hydrogen-bond acceptors (Lipinski definition) is 2. The molecular weight excluding hydrogens is 185 g/mol. The molecule has 0 fully saturated rings. The van der Waals surface area contributed by atoms with Gasteiger partial charge in [-0.15, -0.1) is 0 Å². The molecule has 70 valence electrons. The highest BCUT2D eigenvalue weighted by Gasteiger charge is 2.17. The maximum absolute atomic E-state index is 10.7. The van der Waals surface area contributed by atoms with E-state index in [1.165, 1.54) is 0 Å². The van der Waals surface area contributed by atoms with Gasteiger partial charge in [-0.25, -0.2) is 0 Å². The highest BCUT2D eigenvalue weighted by atomic mass is 31.1. The summed E-state index contributed by atoms with van der Waals surface area (Å²) in [4.78, 5) is 10.4. The van der Waals surface area contributed by atoms with Crippen LogP contribution in [0.4, 0.5) is 5.69 Å². The highest BCUT2D eigenvalue weighted by Crippen LogP contribution is 2.30. The molecule has 0 aliphatic carbocycles. The molecular formula is C9H12NO2P. The fraction of sp³-hybridized carbons (Fsp3) is 0.333. The number of aryl methyl sites for hydroxylation is 1. The second kappa shape index (κ2) is 3.84. The average Bonchev–Trinajstić information content (AvgIpc) is 2.02. The van der Waals surface area contributed by atoms with Crippen molar-refractivity contribution in [1.29, 1.82) is 0 Å². The van der Waals surface area contributed by atoms with Gasteiger partial charge in [-0.2, -0.15) is 0 Å². The maximum atomic E-state index is 10.7. The Kier molecular flexibility index (Phi) is 2.99. The first-order valence-electron chi connectivity index (χ1n) is 3.95. The van der Waals surface area contributed by atoms with Crippen molar-refractivity contribution < 1.29 is 4.92 Å². The molecule has 0 saturated carbocycles. The minimum atomic E-state index is -0.411. The van der Waals surface area contributed by atoms with Gasteiger partial charge in [0, 0.05) is 6.07 Å². The van der Waals surface area contributed by atoms with E-state index >= 15 is 0 Å². The van der Waals surface area contributed by atoms with Crippen LogP contribution in [0.15, 0.2) is 18.2 Å². The monoisotopic (exact) mass is 197 g/mol. The molecule has 0 amide bonds. The molecule has 0 aliphatic heterocycles. The molecule has 0 aliphatic rings. The average molecular weight is 197 g/mol. The van der Waals surface area contributed by atoms with E-state index in [4.69, 9.17) is 0 Å². The van der Waals surface area contributed by atoms with E-state index in [-0.39, 0.29) is 10.6 Å².